The number of hydrogen-bond donors (Lipinski definition) is 0. The van der Waals surface area contributed by atoms with E-state index in [2.05, 4.69) is 0 Å². The molecule has 1 aromatic carbocycles. The van der Waals surface area contributed by atoms with Gasteiger partial charge >= 0.3 is 0 Å². The topological polar surface area (TPSA) is 37.4 Å². The summed E-state index contributed by atoms with van der Waals surface area (Å²) in [5.74, 6) is 0.564. The van der Waals surface area contributed by atoms with E-state index in [-0.39, 0.29) is 15.8 Å². The van der Waals surface area contributed by atoms with E-state index in [1.165, 1.54) is 16.8 Å². The van der Waals surface area contributed by atoms with Crippen molar-refractivity contribution in [1.29, 1.82) is 0 Å². The van der Waals surface area contributed by atoms with E-state index in [1.807, 2.05) is 0 Å². The van der Waals surface area contributed by atoms with Gasteiger partial charge in [0.2, 0.25) is 10.0 Å². The highest BCUT2D eigenvalue weighted by atomic mass is 35.5. The molecule has 3 nitrogen and oxygen atoms in total. The predicted molar refractivity (Wildman–Crippen MR) is 83.2 cm³/mol. The maximum absolute atomic E-state index is 12.6. The zero-order valence-electron chi connectivity index (χ0n) is 11.1. The van der Waals surface area contributed by atoms with Crippen LogP contribution in [0.1, 0.15) is 24.8 Å². The number of alkyl halides is 1. The lowest BCUT2D eigenvalue weighted by molar-refractivity contribution is 0.263. The van der Waals surface area contributed by atoms with E-state index in [4.69, 9.17) is 34.8 Å². The van der Waals surface area contributed by atoms with E-state index in [9.17, 15) is 8.42 Å². The third-order valence-electron chi connectivity index (χ3n) is 3.65. The van der Waals surface area contributed by atoms with Crippen molar-refractivity contribution < 1.29 is 8.42 Å². The van der Waals surface area contributed by atoms with Gasteiger partial charge in [-0.05, 0) is 36.5 Å². The molecule has 0 aromatic heterocycles. The summed E-state index contributed by atoms with van der Waals surface area (Å²) >= 11 is 17.9. The molecule has 0 spiro atoms. The molecule has 0 heterocycles. The Kier molecular flexibility index (Phi) is 5.24. The SMILES string of the molecule is CN(CC1CCC1)S(=O)(=O)c1cc(Cl)cc(CCl)c1Cl. The Morgan fingerprint density at radius 2 is 1.95 bits per heavy atom. The van der Waals surface area contributed by atoms with Crippen LogP contribution in [0.4, 0.5) is 0 Å². The first-order chi connectivity index (χ1) is 9.36. The van der Waals surface area contributed by atoms with E-state index < -0.39 is 10.0 Å². The maximum Gasteiger partial charge on any atom is 0.244 e. The van der Waals surface area contributed by atoms with Crippen LogP contribution in [0.15, 0.2) is 17.0 Å². The third-order valence-corrected chi connectivity index (χ3v) is 6.56. The van der Waals surface area contributed by atoms with Gasteiger partial charge < -0.3 is 0 Å². The normalized spacial score (nSPS) is 16.4. The van der Waals surface area contributed by atoms with Crippen LogP contribution in [0.2, 0.25) is 10.0 Å². The molecule has 7 heteroatoms. The molecule has 0 unspecified atom stereocenters. The average molecular weight is 357 g/mol. The van der Waals surface area contributed by atoms with Gasteiger partial charge in [-0.2, -0.15) is 0 Å². The molecule has 1 aliphatic rings. The maximum atomic E-state index is 12.6. The zero-order valence-corrected chi connectivity index (χ0v) is 14.2. The molecule has 0 N–H and O–H groups in total. The summed E-state index contributed by atoms with van der Waals surface area (Å²) in [7, 11) is -2.06. The Hall–Kier alpha value is -0.000000000000000111. The molecule has 1 saturated carbocycles. The van der Waals surface area contributed by atoms with Crippen LogP contribution in [0.3, 0.4) is 0 Å². The van der Waals surface area contributed by atoms with Gasteiger partial charge in [0, 0.05) is 24.5 Å². The zero-order chi connectivity index (χ0) is 14.9. The van der Waals surface area contributed by atoms with Crippen LogP contribution in [0.5, 0.6) is 0 Å². The number of sulfonamides is 1. The summed E-state index contributed by atoms with van der Waals surface area (Å²) in [6.45, 7) is 0.515. The van der Waals surface area contributed by atoms with E-state index >= 15 is 0 Å². The lowest BCUT2D eigenvalue weighted by Crippen LogP contribution is -2.34. The number of rotatable bonds is 5. The Morgan fingerprint density at radius 1 is 1.30 bits per heavy atom. The molecule has 1 aliphatic carbocycles. The second kappa shape index (κ2) is 6.41. The van der Waals surface area contributed by atoms with E-state index in [1.54, 1.807) is 13.1 Å². The Labute approximate surface area is 134 Å². The van der Waals surface area contributed by atoms with Crippen molar-refractivity contribution in [2.24, 2.45) is 5.92 Å². The molecule has 0 amide bonds. The molecule has 0 radical (unpaired) electrons. The van der Waals surface area contributed by atoms with Crippen LogP contribution in [0.25, 0.3) is 0 Å². The van der Waals surface area contributed by atoms with Gasteiger partial charge in [-0.25, -0.2) is 12.7 Å². The van der Waals surface area contributed by atoms with Gasteiger partial charge in [0.25, 0.3) is 0 Å². The molecule has 1 aromatic rings. The summed E-state index contributed by atoms with van der Waals surface area (Å²) in [6.07, 6.45) is 3.33. The molecule has 1 fully saturated rings. The van der Waals surface area contributed by atoms with Crippen LogP contribution < -0.4 is 0 Å². The second-order valence-electron chi connectivity index (χ2n) is 5.09. The summed E-state index contributed by atoms with van der Waals surface area (Å²) in [4.78, 5) is 0.0316. The quantitative estimate of drug-likeness (QED) is 0.743. The molecule has 2 rings (SSSR count). The van der Waals surface area contributed by atoms with Gasteiger partial charge in [-0.3, -0.25) is 0 Å². The minimum atomic E-state index is -3.64. The van der Waals surface area contributed by atoms with Crippen LogP contribution in [-0.4, -0.2) is 26.3 Å². The van der Waals surface area contributed by atoms with E-state index in [0.717, 1.165) is 12.8 Å². The molecule has 0 bridgehead atoms. The fourth-order valence-electron chi connectivity index (χ4n) is 2.21. The van der Waals surface area contributed by atoms with Gasteiger partial charge in [0.05, 0.1) is 5.02 Å². The summed E-state index contributed by atoms with van der Waals surface area (Å²) < 4.78 is 26.5. The highest BCUT2D eigenvalue weighted by Crippen LogP contribution is 2.33. The van der Waals surface area contributed by atoms with Crippen LogP contribution in [-0.2, 0) is 15.9 Å². The highest BCUT2D eigenvalue weighted by Gasteiger charge is 2.29. The van der Waals surface area contributed by atoms with E-state index in [0.29, 0.717) is 23.0 Å². The standard InChI is InChI=1S/C13H16Cl3NO2S/c1-17(8-9-3-2-4-9)20(18,19)12-6-11(15)5-10(7-14)13(12)16/h5-6,9H,2-4,7-8H2,1H3. The molecular formula is C13H16Cl3NO2S. The van der Waals surface area contributed by atoms with Crippen molar-refractivity contribution in [3.05, 3.63) is 27.7 Å². The largest absolute Gasteiger partial charge is 0.244 e. The van der Waals surface area contributed by atoms with Gasteiger partial charge in [-0.1, -0.05) is 29.6 Å². The van der Waals surface area contributed by atoms with Crippen molar-refractivity contribution in [3.8, 4) is 0 Å². The van der Waals surface area contributed by atoms with Gasteiger partial charge in [0.1, 0.15) is 4.90 Å². The molecule has 20 heavy (non-hydrogen) atoms. The first-order valence-electron chi connectivity index (χ1n) is 6.36. The fraction of sp³-hybridized carbons (Fsp3) is 0.538. The van der Waals surface area contributed by atoms with Crippen molar-refractivity contribution in [1.82, 2.24) is 4.31 Å². The van der Waals surface area contributed by atoms with Crippen molar-refractivity contribution in [2.75, 3.05) is 13.6 Å². The summed E-state index contributed by atoms with van der Waals surface area (Å²) in [5, 5.41) is 0.477. The number of nitrogens with zero attached hydrogens (tertiary/aromatic N) is 1. The first kappa shape index (κ1) is 16.4. The van der Waals surface area contributed by atoms with Gasteiger partial charge in [-0.15, -0.1) is 11.6 Å². The lowest BCUT2D eigenvalue weighted by Gasteiger charge is -2.30. The molecular weight excluding hydrogens is 341 g/mol. The fourth-order valence-corrected chi connectivity index (χ4v) is 4.64. The third kappa shape index (κ3) is 3.25. The first-order valence-corrected chi connectivity index (χ1v) is 9.09. The Bertz CT molecular complexity index is 600. The molecule has 0 aliphatic heterocycles. The second-order valence-corrected chi connectivity index (χ2v) is 8.19. The highest BCUT2D eigenvalue weighted by molar-refractivity contribution is 7.89. The van der Waals surface area contributed by atoms with Crippen LogP contribution >= 0.6 is 34.8 Å². The minimum absolute atomic E-state index is 0.0316. The molecule has 112 valence electrons. The smallest absolute Gasteiger partial charge is 0.207 e. The minimum Gasteiger partial charge on any atom is -0.207 e. The lowest BCUT2D eigenvalue weighted by atomic mass is 9.86. The Morgan fingerprint density at radius 3 is 2.45 bits per heavy atom. The van der Waals surface area contributed by atoms with Crippen LogP contribution in [0, 0.1) is 5.92 Å². The van der Waals surface area contributed by atoms with Crippen molar-refractivity contribution >= 4 is 44.8 Å². The predicted octanol–water partition coefficient (Wildman–Crippen LogP) is 4.15. The molecule has 0 saturated heterocycles. The number of halogens is 3. The molecule has 0 atom stereocenters. The van der Waals surface area contributed by atoms with Crippen molar-refractivity contribution in [2.45, 2.75) is 30.0 Å². The number of benzene rings is 1. The summed E-state index contributed by atoms with van der Waals surface area (Å²) in [5.41, 5.74) is 0.524. The Balaban J connectivity index is 2.35. The monoisotopic (exact) mass is 355 g/mol. The van der Waals surface area contributed by atoms with Gasteiger partial charge in [0.15, 0.2) is 0 Å². The number of hydrogen-bond acceptors (Lipinski definition) is 2. The summed E-state index contributed by atoms with van der Waals surface area (Å²) in [6, 6.07) is 2.97. The average Bonchev–Trinajstić information content (AvgIpc) is 2.35. The van der Waals surface area contributed by atoms with Crippen molar-refractivity contribution in [3.63, 3.8) is 0 Å².